The van der Waals surface area contributed by atoms with E-state index < -0.39 is 4.92 Å². The normalized spacial score (nSPS) is 10.1. The minimum Gasteiger partial charge on any atom is -0.398 e. The number of hydrogen-bond acceptors (Lipinski definition) is 3. The van der Waals surface area contributed by atoms with Crippen LogP contribution in [0.15, 0.2) is 6.07 Å². The summed E-state index contributed by atoms with van der Waals surface area (Å²) in [4.78, 5) is 10.1. The molecule has 0 aliphatic heterocycles. The number of nitrogens with two attached hydrogens (primary N) is 1. The quantitative estimate of drug-likeness (QED) is 0.430. The Hall–Kier alpha value is -1.29. The van der Waals surface area contributed by atoms with Crippen LogP contribution in [0.1, 0.15) is 11.1 Å². The predicted molar refractivity (Wildman–Crippen MR) is 52.0 cm³/mol. The highest BCUT2D eigenvalue weighted by molar-refractivity contribution is 6.33. The van der Waals surface area contributed by atoms with Gasteiger partial charge in [0.05, 0.1) is 10.5 Å². The number of hydrogen-bond donors (Lipinski definition) is 1. The van der Waals surface area contributed by atoms with Gasteiger partial charge in [-0.2, -0.15) is 0 Å². The monoisotopic (exact) mass is 200 g/mol. The summed E-state index contributed by atoms with van der Waals surface area (Å²) in [6, 6.07) is 1.50. The minimum atomic E-state index is -0.520. The number of anilines is 1. The maximum atomic E-state index is 10.6. The Labute approximate surface area is 80.5 Å². The molecule has 5 heteroatoms. The van der Waals surface area contributed by atoms with Gasteiger partial charge in [0, 0.05) is 5.69 Å². The lowest BCUT2D eigenvalue weighted by Crippen LogP contribution is -1.99. The zero-order valence-electron chi connectivity index (χ0n) is 7.30. The van der Waals surface area contributed by atoms with E-state index in [4.69, 9.17) is 17.3 Å². The van der Waals surface area contributed by atoms with Crippen molar-refractivity contribution < 1.29 is 4.92 Å². The van der Waals surface area contributed by atoms with Crippen molar-refractivity contribution in [2.75, 3.05) is 5.73 Å². The third-order valence-electron chi connectivity index (χ3n) is 1.94. The summed E-state index contributed by atoms with van der Waals surface area (Å²) in [5.74, 6) is 0. The van der Waals surface area contributed by atoms with Crippen molar-refractivity contribution in [2.45, 2.75) is 13.8 Å². The fraction of sp³-hybridized carbons (Fsp3) is 0.250. The summed E-state index contributed by atoms with van der Waals surface area (Å²) >= 11 is 5.70. The molecule has 1 aromatic rings. The molecule has 13 heavy (non-hydrogen) atoms. The maximum Gasteiger partial charge on any atom is 0.292 e. The van der Waals surface area contributed by atoms with Crippen molar-refractivity contribution in [3.8, 4) is 0 Å². The second-order valence-corrected chi connectivity index (χ2v) is 3.23. The first-order valence-electron chi connectivity index (χ1n) is 3.64. The first kappa shape index (κ1) is 9.80. The molecule has 0 atom stereocenters. The van der Waals surface area contributed by atoms with Gasteiger partial charge in [0.1, 0.15) is 5.02 Å². The lowest BCUT2D eigenvalue weighted by Gasteiger charge is -2.06. The number of aryl methyl sites for hydroxylation is 1. The first-order valence-corrected chi connectivity index (χ1v) is 4.02. The van der Waals surface area contributed by atoms with Crippen LogP contribution in [0, 0.1) is 24.0 Å². The molecule has 0 saturated carbocycles. The van der Waals surface area contributed by atoms with Gasteiger partial charge in [-0.25, -0.2) is 0 Å². The predicted octanol–water partition coefficient (Wildman–Crippen LogP) is 2.45. The van der Waals surface area contributed by atoms with Crippen LogP contribution in [-0.2, 0) is 0 Å². The van der Waals surface area contributed by atoms with E-state index in [-0.39, 0.29) is 10.7 Å². The van der Waals surface area contributed by atoms with E-state index in [1.807, 2.05) is 0 Å². The highest BCUT2D eigenvalue weighted by Crippen LogP contribution is 2.33. The fourth-order valence-corrected chi connectivity index (χ4v) is 1.54. The van der Waals surface area contributed by atoms with Crippen molar-refractivity contribution in [3.05, 3.63) is 32.3 Å². The number of nitro benzene ring substituents is 1. The molecule has 0 amide bonds. The Kier molecular flexibility index (Phi) is 2.43. The SMILES string of the molecule is Cc1cc(Cl)c([N+](=O)[O-])c(C)c1N. The van der Waals surface area contributed by atoms with E-state index in [1.54, 1.807) is 13.8 Å². The Balaban J connectivity index is 3.53. The zero-order chi connectivity index (χ0) is 10.2. The van der Waals surface area contributed by atoms with Crippen molar-refractivity contribution in [1.82, 2.24) is 0 Å². The second-order valence-electron chi connectivity index (χ2n) is 2.82. The number of nitro groups is 1. The average molecular weight is 201 g/mol. The maximum absolute atomic E-state index is 10.6. The number of nitrogen functional groups attached to an aromatic ring is 1. The van der Waals surface area contributed by atoms with E-state index in [2.05, 4.69) is 0 Å². The van der Waals surface area contributed by atoms with Gasteiger partial charge in [0.2, 0.25) is 0 Å². The summed E-state index contributed by atoms with van der Waals surface area (Å²) in [5, 5.41) is 10.7. The van der Waals surface area contributed by atoms with Crippen LogP contribution in [0.25, 0.3) is 0 Å². The van der Waals surface area contributed by atoms with Crippen LogP contribution >= 0.6 is 11.6 Å². The van der Waals surface area contributed by atoms with Crippen LogP contribution in [0.3, 0.4) is 0 Å². The van der Waals surface area contributed by atoms with Gasteiger partial charge in [-0.05, 0) is 25.5 Å². The van der Waals surface area contributed by atoms with Crippen LogP contribution in [-0.4, -0.2) is 4.92 Å². The fourth-order valence-electron chi connectivity index (χ4n) is 1.16. The molecule has 0 radical (unpaired) electrons. The van der Waals surface area contributed by atoms with Crippen molar-refractivity contribution in [1.29, 1.82) is 0 Å². The molecular formula is C8H9ClN2O2. The van der Waals surface area contributed by atoms with Crippen LogP contribution < -0.4 is 5.73 Å². The molecular weight excluding hydrogens is 192 g/mol. The van der Waals surface area contributed by atoms with Crippen LogP contribution in [0.5, 0.6) is 0 Å². The molecule has 0 spiro atoms. The Morgan fingerprint density at radius 3 is 2.54 bits per heavy atom. The van der Waals surface area contributed by atoms with Gasteiger partial charge >= 0.3 is 0 Å². The Bertz CT molecular complexity index is 377. The largest absolute Gasteiger partial charge is 0.398 e. The highest BCUT2D eigenvalue weighted by atomic mass is 35.5. The van der Waals surface area contributed by atoms with E-state index in [0.717, 1.165) is 5.56 Å². The van der Waals surface area contributed by atoms with E-state index in [0.29, 0.717) is 11.3 Å². The van der Waals surface area contributed by atoms with E-state index >= 15 is 0 Å². The molecule has 0 fully saturated rings. The summed E-state index contributed by atoms with van der Waals surface area (Å²) in [6.45, 7) is 3.35. The molecule has 2 N–H and O–H groups in total. The van der Waals surface area contributed by atoms with Crippen molar-refractivity contribution in [3.63, 3.8) is 0 Å². The first-order chi connectivity index (χ1) is 5.95. The Morgan fingerprint density at radius 2 is 2.08 bits per heavy atom. The van der Waals surface area contributed by atoms with Gasteiger partial charge in [-0.3, -0.25) is 10.1 Å². The van der Waals surface area contributed by atoms with Crippen LogP contribution in [0.4, 0.5) is 11.4 Å². The summed E-state index contributed by atoms with van der Waals surface area (Å²) in [5.41, 5.74) is 7.13. The van der Waals surface area contributed by atoms with Gasteiger partial charge in [0.25, 0.3) is 5.69 Å². The molecule has 0 saturated heterocycles. The smallest absolute Gasteiger partial charge is 0.292 e. The lowest BCUT2D eigenvalue weighted by atomic mass is 10.1. The Morgan fingerprint density at radius 1 is 1.54 bits per heavy atom. The molecule has 1 rings (SSSR count). The highest BCUT2D eigenvalue weighted by Gasteiger charge is 2.19. The minimum absolute atomic E-state index is 0.107. The van der Waals surface area contributed by atoms with Gasteiger partial charge in [-0.1, -0.05) is 11.6 Å². The van der Waals surface area contributed by atoms with Gasteiger partial charge in [0.15, 0.2) is 0 Å². The molecule has 4 nitrogen and oxygen atoms in total. The van der Waals surface area contributed by atoms with Crippen molar-refractivity contribution >= 4 is 23.0 Å². The summed E-state index contributed by atoms with van der Waals surface area (Å²) in [7, 11) is 0. The van der Waals surface area contributed by atoms with E-state index in [9.17, 15) is 10.1 Å². The van der Waals surface area contributed by atoms with Crippen molar-refractivity contribution in [2.24, 2.45) is 0 Å². The van der Waals surface area contributed by atoms with Gasteiger partial charge in [-0.15, -0.1) is 0 Å². The second kappa shape index (κ2) is 3.22. The average Bonchev–Trinajstić information content (AvgIpc) is 1.99. The number of benzene rings is 1. The van der Waals surface area contributed by atoms with Crippen LogP contribution in [0.2, 0.25) is 5.02 Å². The number of halogens is 1. The molecule has 1 aromatic carbocycles. The molecule has 0 unspecified atom stereocenters. The molecule has 0 aliphatic carbocycles. The number of nitrogens with zero attached hydrogens (tertiary/aromatic N) is 1. The van der Waals surface area contributed by atoms with E-state index in [1.165, 1.54) is 6.07 Å². The van der Waals surface area contributed by atoms with Gasteiger partial charge < -0.3 is 5.73 Å². The lowest BCUT2D eigenvalue weighted by molar-refractivity contribution is -0.385. The molecule has 0 aromatic heterocycles. The molecule has 70 valence electrons. The zero-order valence-corrected chi connectivity index (χ0v) is 8.05. The standard InChI is InChI=1S/C8H9ClN2O2/c1-4-3-6(9)8(11(12)13)5(2)7(4)10/h3H,10H2,1-2H3. The molecule has 0 aliphatic rings. The summed E-state index contributed by atoms with van der Waals surface area (Å²) < 4.78 is 0. The molecule has 0 bridgehead atoms. The topological polar surface area (TPSA) is 69.2 Å². The summed E-state index contributed by atoms with van der Waals surface area (Å²) in [6.07, 6.45) is 0. The third kappa shape index (κ3) is 1.58. The third-order valence-corrected chi connectivity index (χ3v) is 2.22. The number of rotatable bonds is 1. The molecule has 0 heterocycles.